The van der Waals surface area contributed by atoms with Crippen molar-refractivity contribution in [3.63, 3.8) is 0 Å². The van der Waals surface area contributed by atoms with Crippen LogP contribution in [0.2, 0.25) is 0 Å². The molecule has 2 rings (SSSR count). The maximum absolute atomic E-state index is 11.7. The van der Waals surface area contributed by atoms with E-state index in [4.69, 9.17) is 0 Å². The summed E-state index contributed by atoms with van der Waals surface area (Å²) in [7, 11) is 0. The molecule has 0 saturated heterocycles. The van der Waals surface area contributed by atoms with Gasteiger partial charge in [-0.2, -0.15) is 0 Å². The van der Waals surface area contributed by atoms with Gasteiger partial charge in [0.2, 0.25) is 0 Å². The molecule has 110 valence electrons. The SMILES string of the molecule is CCNC(=O)c1ccc(NC2CC(C)(C)CC2C)cc1. The Hall–Kier alpha value is -1.51. The van der Waals surface area contributed by atoms with Gasteiger partial charge in [-0.05, 0) is 55.4 Å². The Balaban J connectivity index is 1.99. The van der Waals surface area contributed by atoms with Crippen LogP contribution >= 0.6 is 0 Å². The van der Waals surface area contributed by atoms with Crippen molar-refractivity contribution in [1.29, 1.82) is 0 Å². The molecule has 2 atom stereocenters. The highest BCUT2D eigenvalue weighted by Gasteiger charge is 2.36. The normalized spacial score (nSPS) is 24.4. The molecule has 2 unspecified atom stereocenters. The molecular weight excluding hydrogens is 248 g/mol. The minimum Gasteiger partial charge on any atom is -0.382 e. The Kier molecular flexibility index (Phi) is 4.36. The van der Waals surface area contributed by atoms with E-state index in [-0.39, 0.29) is 5.91 Å². The lowest BCUT2D eigenvalue weighted by molar-refractivity contribution is 0.0956. The largest absolute Gasteiger partial charge is 0.382 e. The van der Waals surface area contributed by atoms with E-state index < -0.39 is 0 Å². The fourth-order valence-corrected chi connectivity index (χ4v) is 3.28. The first-order valence-corrected chi connectivity index (χ1v) is 7.56. The van der Waals surface area contributed by atoms with Gasteiger partial charge >= 0.3 is 0 Å². The van der Waals surface area contributed by atoms with Crippen molar-refractivity contribution in [1.82, 2.24) is 5.32 Å². The summed E-state index contributed by atoms with van der Waals surface area (Å²) < 4.78 is 0. The molecule has 1 aliphatic carbocycles. The van der Waals surface area contributed by atoms with Gasteiger partial charge in [0.05, 0.1) is 0 Å². The maximum atomic E-state index is 11.7. The van der Waals surface area contributed by atoms with E-state index in [0.717, 1.165) is 11.3 Å². The second-order valence-corrected chi connectivity index (χ2v) is 6.74. The molecule has 3 heteroatoms. The molecule has 1 aromatic rings. The zero-order valence-corrected chi connectivity index (χ0v) is 13.0. The summed E-state index contributed by atoms with van der Waals surface area (Å²) in [5.41, 5.74) is 2.25. The summed E-state index contributed by atoms with van der Waals surface area (Å²) in [5.74, 6) is 0.683. The van der Waals surface area contributed by atoms with Gasteiger partial charge in [-0.1, -0.05) is 20.8 Å². The highest BCUT2D eigenvalue weighted by molar-refractivity contribution is 5.94. The average Bonchev–Trinajstić information content (AvgIpc) is 2.63. The number of hydrogen-bond acceptors (Lipinski definition) is 2. The first-order chi connectivity index (χ1) is 9.41. The monoisotopic (exact) mass is 274 g/mol. The Morgan fingerprint density at radius 1 is 1.25 bits per heavy atom. The van der Waals surface area contributed by atoms with Gasteiger partial charge in [0.1, 0.15) is 0 Å². The number of benzene rings is 1. The quantitative estimate of drug-likeness (QED) is 0.879. The summed E-state index contributed by atoms with van der Waals surface area (Å²) in [6, 6.07) is 8.31. The number of hydrogen-bond donors (Lipinski definition) is 2. The van der Waals surface area contributed by atoms with Crippen molar-refractivity contribution in [3.8, 4) is 0 Å². The third-order valence-electron chi connectivity index (χ3n) is 4.17. The Morgan fingerprint density at radius 3 is 2.40 bits per heavy atom. The average molecular weight is 274 g/mol. The number of carbonyl (C=O) groups is 1. The predicted octanol–water partition coefficient (Wildman–Crippen LogP) is 3.67. The third kappa shape index (κ3) is 3.53. The van der Waals surface area contributed by atoms with E-state index in [9.17, 15) is 4.79 Å². The predicted molar refractivity (Wildman–Crippen MR) is 84.0 cm³/mol. The van der Waals surface area contributed by atoms with Crippen LogP contribution in [0.3, 0.4) is 0 Å². The van der Waals surface area contributed by atoms with E-state index in [2.05, 4.69) is 31.4 Å². The lowest BCUT2D eigenvalue weighted by Crippen LogP contribution is -2.23. The molecule has 1 aliphatic rings. The van der Waals surface area contributed by atoms with E-state index >= 15 is 0 Å². The van der Waals surface area contributed by atoms with Crippen LogP contribution in [-0.2, 0) is 0 Å². The molecule has 0 aliphatic heterocycles. The van der Waals surface area contributed by atoms with Crippen molar-refractivity contribution in [2.24, 2.45) is 11.3 Å². The first-order valence-electron chi connectivity index (χ1n) is 7.56. The fourth-order valence-electron chi connectivity index (χ4n) is 3.28. The van der Waals surface area contributed by atoms with Gasteiger partial charge in [0.15, 0.2) is 0 Å². The van der Waals surface area contributed by atoms with Crippen molar-refractivity contribution >= 4 is 11.6 Å². The van der Waals surface area contributed by atoms with Crippen molar-refractivity contribution in [3.05, 3.63) is 29.8 Å². The lowest BCUT2D eigenvalue weighted by Gasteiger charge is -2.20. The second-order valence-electron chi connectivity index (χ2n) is 6.74. The van der Waals surface area contributed by atoms with Crippen LogP contribution in [0.4, 0.5) is 5.69 Å². The summed E-state index contributed by atoms with van der Waals surface area (Å²) in [6.07, 6.45) is 2.47. The zero-order chi connectivity index (χ0) is 14.8. The van der Waals surface area contributed by atoms with Crippen LogP contribution < -0.4 is 10.6 Å². The van der Waals surface area contributed by atoms with Crippen molar-refractivity contribution in [2.75, 3.05) is 11.9 Å². The number of nitrogens with one attached hydrogen (secondary N) is 2. The Morgan fingerprint density at radius 2 is 1.90 bits per heavy atom. The third-order valence-corrected chi connectivity index (χ3v) is 4.17. The molecule has 0 aromatic heterocycles. The second kappa shape index (κ2) is 5.86. The van der Waals surface area contributed by atoms with Crippen LogP contribution in [0.15, 0.2) is 24.3 Å². The molecule has 1 amide bonds. The first kappa shape index (κ1) is 14.9. The van der Waals surface area contributed by atoms with Crippen LogP contribution in [0.1, 0.15) is 50.9 Å². The van der Waals surface area contributed by atoms with Gasteiger partial charge in [-0.25, -0.2) is 0 Å². The molecule has 1 fully saturated rings. The highest BCUT2D eigenvalue weighted by atomic mass is 16.1. The molecule has 0 spiro atoms. The lowest BCUT2D eigenvalue weighted by atomic mass is 9.91. The molecule has 3 nitrogen and oxygen atoms in total. The van der Waals surface area contributed by atoms with Gasteiger partial charge < -0.3 is 10.6 Å². The molecule has 2 N–H and O–H groups in total. The number of amides is 1. The summed E-state index contributed by atoms with van der Waals surface area (Å²) in [6.45, 7) is 9.58. The molecule has 0 bridgehead atoms. The maximum Gasteiger partial charge on any atom is 0.251 e. The van der Waals surface area contributed by atoms with E-state index in [1.807, 2.05) is 31.2 Å². The number of rotatable bonds is 4. The summed E-state index contributed by atoms with van der Waals surface area (Å²) in [4.78, 5) is 11.7. The van der Waals surface area contributed by atoms with E-state index in [1.54, 1.807) is 0 Å². The van der Waals surface area contributed by atoms with E-state index in [0.29, 0.717) is 23.9 Å². The highest BCUT2D eigenvalue weighted by Crippen LogP contribution is 2.42. The van der Waals surface area contributed by atoms with E-state index in [1.165, 1.54) is 12.8 Å². The summed E-state index contributed by atoms with van der Waals surface area (Å²) >= 11 is 0. The number of carbonyl (C=O) groups excluding carboxylic acids is 1. The molecule has 1 saturated carbocycles. The molecular formula is C17H26N2O. The van der Waals surface area contributed by atoms with Gasteiger partial charge in [0.25, 0.3) is 5.91 Å². The molecule has 20 heavy (non-hydrogen) atoms. The van der Waals surface area contributed by atoms with Crippen molar-refractivity contribution < 1.29 is 4.79 Å². The van der Waals surface area contributed by atoms with Crippen LogP contribution in [0.25, 0.3) is 0 Å². The molecule has 0 radical (unpaired) electrons. The topological polar surface area (TPSA) is 41.1 Å². The molecule has 1 aromatic carbocycles. The van der Waals surface area contributed by atoms with Gasteiger partial charge in [0, 0.05) is 23.8 Å². The van der Waals surface area contributed by atoms with Gasteiger partial charge in [-0.15, -0.1) is 0 Å². The Labute approximate surface area is 122 Å². The van der Waals surface area contributed by atoms with Crippen LogP contribution in [0, 0.1) is 11.3 Å². The van der Waals surface area contributed by atoms with Gasteiger partial charge in [-0.3, -0.25) is 4.79 Å². The zero-order valence-electron chi connectivity index (χ0n) is 13.0. The van der Waals surface area contributed by atoms with Crippen molar-refractivity contribution in [2.45, 2.75) is 46.6 Å². The minimum absolute atomic E-state index is 0.00517. The van der Waals surface area contributed by atoms with Crippen LogP contribution in [-0.4, -0.2) is 18.5 Å². The summed E-state index contributed by atoms with van der Waals surface area (Å²) in [5, 5.41) is 6.43. The van der Waals surface area contributed by atoms with Crippen LogP contribution in [0.5, 0.6) is 0 Å². The number of anilines is 1. The molecule has 0 heterocycles. The smallest absolute Gasteiger partial charge is 0.251 e. The standard InChI is InChI=1S/C17H26N2O/c1-5-18-16(20)13-6-8-14(9-7-13)19-15-11-17(3,4)10-12(15)2/h6-9,12,15,19H,5,10-11H2,1-4H3,(H,18,20). The minimum atomic E-state index is -0.00517. The fraction of sp³-hybridized carbons (Fsp3) is 0.588. The Bertz CT molecular complexity index is 464.